The van der Waals surface area contributed by atoms with E-state index in [4.69, 9.17) is 9.98 Å². The van der Waals surface area contributed by atoms with Gasteiger partial charge in [0.15, 0.2) is 5.96 Å². The van der Waals surface area contributed by atoms with Crippen LogP contribution in [-0.2, 0) is 20.0 Å². The van der Waals surface area contributed by atoms with Crippen molar-refractivity contribution in [3.8, 4) is 11.3 Å². The first-order chi connectivity index (χ1) is 14.0. The Morgan fingerprint density at radius 2 is 1.97 bits per heavy atom. The summed E-state index contributed by atoms with van der Waals surface area (Å²) in [5, 5.41) is 14.5. The minimum Gasteiger partial charge on any atom is -0.357 e. The molecule has 0 aliphatic heterocycles. The highest BCUT2D eigenvalue weighted by Crippen LogP contribution is 2.22. The maximum Gasteiger partial charge on any atom is 0.191 e. The van der Waals surface area contributed by atoms with Crippen LogP contribution in [0.25, 0.3) is 11.3 Å². The van der Waals surface area contributed by atoms with E-state index in [-0.39, 0.29) is 30.0 Å². The third-order valence-corrected chi connectivity index (χ3v) is 5.72. The van der Waals surface area contributed by atoms with Gasteiger partial charge in [-0.1, -0.05) is 30.3 Å². The van der Waals surface area contributed by atoms with Crippen molar-refractivity contribution in [1.82, 2.24) is 25.4 Å². The molecular formula is C22H31IN6S. The minimum atomic E-state index is 0. The first-order valence-corrected chi connectivity index (χ1v) is 10.9. The van der Waals surface area contributed by atoms with Crippen LogP contribution in [0.4, 0.5) is 0 Å². The summed E-state index contributed by atoms with van der Waals surface area (Å²) in [7, 11) is 1.99. The van der Waals surface area contributed by atoms with Crippen molar-refractivity contribution < 1.29 is 0 Å². The number of thiazole rings is 1. The normalized spacial score (nSPS) is 12.4. The molecule has 0 radical (unpaired) electrons. The number of aromatic nitrogens is 3. The van der Waals surface area contributed by atoms with Gasteiger partial charge in [0.1, 0.15) is 5.01 Å². The van der Waals surface area contributed by atoms with E-state index in [0.29, 0.717) is 6.54 Å². The van der Waals surface area contributed by atoms with Gasteiger partial charge in [0.25, 0.3) is 0 Å². The summed E-state index contributed by atoms with van der Waals surface area (Å²) in [5.74, 6) is 0.815. The summed E-state index contributed by atoms with van der Waals surface area (Å²) >= 11 is 1.65. The monoisotopic (exact) mass is 538 g/mol. The van der Waals surface area contributed by atoms with E-state index in [2.05, 4.69) is 60.9 Å². The van der Waals surface area contributed by atoms with Gasteiger partial charge in [-0.15, -0.1) is 35.3 Å². The molecule has 0 saturated carbocycles. The van der Waals surface area contributed by atoms with Gasteiger partial charge in [-0.05, 0) is 39.7 Å². The third kappa shape index (κ3) is 6.28. The van der Waals surface area contributed by atoms with E-state index in [1.807, 2.05) is 29.9 Å². The molecule has 6 nitrogen and oxygen atoms in total. The lowest BCUT2D eigenvalue weighted by atomic mass is 10.1. The number of aryl methyl sites for hydroxylation is 2. The lowest BCUT2D eigenvalue weighted by molar-refractivity contribution is 0.635. The Morgan fingerprint density at radius 1 is 1.23 bits per heavy atom. The lowest BCUT2D eigenvalue weighted by Gasteiger charge is -2.18. The van der Waals surface area contributed by atoms with Crippen LogP contribution in [0.2, 0.25) is 0 Å². The number of nitrogens with one attached hydrogen (secondary N) is 2. The zero-order valence-corrected chi connectivity index (χ0v) is 21.4. The second kappa shape index (κ2) is 11.5. The predicted octanol–water partition coefficient (Wildman–Crippen LogP) is 4.46. The Kier molecular flexibility index (Phi) is 9.29. The maximum atomic E-state index is 4.74. The number of hydrogen-bond acceptors (Lipinski definition) is 4. The second-order valence-corrected chi connectivity index (χ2v) is 8.15. The average Bonchev–Trinajstić information content (AvgIpc) is 3.27. The molecule has 30 heavy (non-hydrogen) atoms. The van der Waals surface area contributed by atoms with E-state index in [1.54, 1.807) is 11.3 Å². The van der Waals surface area contributed by atoms with Crippen LogP contribution in [0.15, 0.2) is 40.7 Å². The third-order valence-electron chi connectivity index (χ3n) is 4.89. The second-order valence-electron chi connectivity index (χ2n) is 7.21. The zero-order valence-electron chi connectivity index (χ0n) is 18.3. The molecule has 0 spiro atoms. The molecule has 0 fully saturated rings. The quantitative estimate of drug-likeness (QED) is 0.265. The topological polar surface area (TPSA) is 67.1 Å². The van der Waals surface area contributed by atoms with Crippen LogP contribution in [0.5, 0.6) is 0 Å². The lowest BCUT2D eigenvalue weighted by Crippen LogP contribution is -2.43. The molecule has 1 aromatic carbocycles. The van der Waals surface area contributed by atoms with Gasteiger partial charge in [-0.2, -0.15) is 5.10 Å². The fourth-order valence-corrected chi connectivity index (χ4v) is 4.02. The summed E-state index contributed by atoms with van der Waals surface area (Å²) in [6.45, 7) is 9.82. The minimum absolute atomic E-state index is 0. The van der Waals surface area contributed by atoms with Crippen LogP contribution >= 0.6 is 35.3 Å². The first-order valence-electron chi connectivity index (χ1n) is 10.0. The summed E-state index contributed by atoms with van der Waals surface area (Å²) < 4.78 is 1.95. The van der Waals surface area contributed by atoms with Crippen molar-refractivity contribution in [3.63, 3.8) is 0 Å². The van der Waals surface area contributed by atoms with Crippen molar-refractivity contribution in [2.75, 3.05) is 6.54 Å². The largest absolute Gasteiger partial charge is 0.357 e. The molecule has 3 aromatic rings. The van der Waals surface area contributed by atoms with Crippen molar-refractivity contribution in [2.24, 2.45) is 12.0 Å². The fraction of sp³-hybridized carbons (Fsp3) is 0.409. The summed E-state index contributed by atoms with van der Waals surface area (Å²) in [4.78, 5) is 9.47. The Balaban J connectivity index is 0.00000320. The SMILES string of the molecule is CCNC(=NCc1nc(-c2ccccc2)cs1)NC(C)Cc1c(C)nn(C)c1C.I. The molecule has 2 heterocycles. The molecule has 1 atom stereocenters. The van der Waals surface area contributed by atoms with Gasteiger partial charge in [0, 0.05) is 36.3 Å². The highest BCUT2D eigenvalue weighted by atomic mass is 127. The molecule has 0 saturated heterocycles. The number of rotatable bonds is 7. The molecule has 0 amide bonds. The summed E-state index contributed by atoms with van der Waals surface area (Å²) in [5.41, 5.74) is 5.76. The van der Waals surface area contributed by atoms with Gasteiger partial charge >= 0.3 is 0 Å². The molecule has 2 N–H and O–H groups in total. The number of halogens is 1. The molecule has 1 unspecified atom stereocenters. The van der Waals surface area contributed by atoms with Gasteiger partial charge < -0.3 is 10.6 Å². The highest BCUT2D eigenvalue weighted by Gasteiger charge is 2.14. The van der Waals surface area contributed by atoms with Crippen LogP contribution in [0, 0.1) is 13.8 Å². The maximum absolute atomic E-state index is 4.74. The molecule has 0 aliphatic carbocycles. The molecule has 2 aromatic heterocycles. The average molecular weight is 539 g/mol. The Bertz CT molecular complexity index is 963. The van der Waals surface area contributed by atoms with Crippen molar-refractivity contribution in [1.29, 1.82) is 0 Å². The van der Waals surface area contributed by atoms with E-state index >= 15 is 0 Å². The Labute approximate surface area is 200 Å². The number of benzene rings is 1. The number of hydrogen-bond donors (Lipinski definition) is 2. The Hall–Kier alpha value is -1.94. The highest BCUT2D eigenvalue weighted by molar-refractivity contribution is 14.0. The number of nitrogens with zero attached hydrogens (tertiary/aromatic N) is 4. The molecule has 162 valence electrons. The smallest absolute Gasteiger partial charge is 0.191 e. The number of aliphatic imine (C=N–C) groups is 1. The van der Waals surface area contributed by atoms with Crippen LogP contribution in [0.1, 0.15) is 35.8 Å². The van der Waals surface area contributed by atoms with Crippen LogP contribution in [-0.4, -0.2) is 33.3 Å². The van der Waals surface area contributed by atoms with Gasteiger partial charge in [0.05, 0.1) is 17.9 Å². The zero-order chi connectivity index (χ0) is 20.8. The van der Waals surface area contributed by atoms with Crippen molar-refractivity contribution >= 4 is 41.3 Å². The number of guanidine groups is 1. The fourth-order valence-electron chi connectivity index (χ4n) is 3.30. The first kappa shape index (κ1) is 24.3. The predicted molar refractivity (Wildman–Crippen MR) is 137 cm³/mol. The van der Waals surface area contributed by atoms with Gasteiger partial charge in [-0.25, -0.2) is 9.98 Å². The van der Waals surface area contributed by atoms with E-state index < -0.39 is 0 Å². The van der Waals surface area contributed by atoms with E-state index in [1.165, 1.54) is 11.3 Å². The van der Waals surface area contributed by atoms with Gasteiger partial charge in [0.2, 0.25) is 0 Å². The van der Waals surface area contributed by atoms with Crippen LogP contribution in [0.3, 0.4) is 0 Å². The molecule has 0 aliphatic rings. The summed E-state index contributed by atoms with van der Waals surface area (Å²) in [6, 6.07) is 10.5. The van der Waals surface area contributed by atoms with Crippen molar-refractivity contribution in [3.05, 3.63) is 57.7 Å². The van der Waals surface area contributed by atoms with E-state index in [0.717, 1.165) is 40.9 Å². The van der Waals surface area contributed by atoms with E-state index in [9.17, 15) is 0 Å². The summed E-state index contributed by atoms with van der Waals surface area (Å²) in [6.07, 6.45) is 0.908. The molecule has 8 heteroatoms. The van der Waals surface area contributed by atoms with Crippen molar-refractivity contribution in [2.45, 2.75) is 46.7 Å². The van der Waals surface area contributed by atoms with Crippen LogP contribution < -0.4 is 10.6 Å². The standard InChI is InChI=1S/C22H30N6S.HI/c1-6-23-22(25-15(2)12-19-16(3)27-28(5)17(19)4)24-13-21-26-20(14-29-21)18-10-8-7-9-11-18;/h7-11,14-15H,6,12-13H2,1-5H3,(H2,23,24,25);1H. The molecule has 3 rings (SSSR count). The Morgan fingerprint density at radius 3 is 2.60 bits per heavy atom. The van der Waals surface area contributed by atoms with Gasteiger partial charge in [-0.3, -0.25) is 4.68 Å². The molecule has 0 bridgehead atoms. The molecular weight excluding hydrogens is 507 g/mol.